The molecular weight excluding hydrogens is 323 g/mol. The summed E-state index contributed by atoms with van der Waals surface area (Å²) in [5.41, 5.74) is 0.00430. The fourth-order valence-electron chi connectivity index (χ4n) is 2.50. The van der Waals surface area contributed by atoms with Gasteiger partial charge < -0.3 is 15.5 Å². The van der Waals surface area contributed by atoms with Gasteiger partial charge in [-0.05, 0) is 37.5 Å². The van der Waals surface area contributed by atoms with Crippen molar-refractivity contribution >= 4 is 11.9 Å². The number of alkyl halides is 3. The number of urea groups is 1. The van der Waals surface area contributed by atoms with Crippen LogP contribution in [-0.4, -0.2) is 42.5 Å². The van der Waals surface area contributed by atoms with E-state index in [4.69, 9.17) is 0 Å². The smallest absolute Gasteiger partial charge is 0.354 e. The number of benzene rings is 1. The number of amides is 3. The molecular formula is C16H20F3N3O2. The third kappa shape index (κ3) is 4.62. The average Bonchev–Trinajstić information content (AvgIpc) is 2.69. The lowest BCUT2D eigenvalue weighted by atomic mass is 10.1. The molecule has 2 rings (SSSR count). The standard InChI is InChI=1S/C16H20F3N3O2/c1-11-14(23)20-8-2-10-22(11)15(24)21-9-7-12-3-5-13(6-4-12)16(17,18)19/h3-6,11H,2,7-10H2,1H3,(H,20,23)(H,21,24)/t11-/m0/s1. The van der Waals surface area contributed by atoms with Gasteiger partial charge in [-0.1, -0.05) is 12.1 Å². The van der Waals surface area contributed by atoms with E-state index in [0.29, 0.717) is 31.5 Å². The summed E-state index contributed by atoms with van der Waals surface area (Å²) in [5, 5.41) is 5.44. The van der Waals surface area contributed by atoms with Crippen molar-refractivity contribution in [3.8, 4) is 0 Å². The topological polar surface area (TPSA) is 61.4 Å². The van der Waals surface area contributed by atoms with E-state index in [-0.39, 0.29) is 18.5 Å². The minimum Gasteiger partial charge on any atom is -0.354 e. The van der Waals surface area contributed by atoms with Gasteiger partial charge in [0.05, 0.1) is 5.56 Å². The van der Waals surface area contributed by atoms with E-state index in [1.807, 2.05) is 0 Å². The van der Waals surface area contributed by atoms with Crippen LogP contribution in [0.5, 0.6) is 0 Å². The Kier molecular flexibility index (Phi) is 5.69. The van der Waals surface area contributed by atoms with Gasteiger partial charge in [0.2, 0.25) is 5.91 Å². The zero-order valence-electron chi connectivity index (χ0n) is 13.3. The minimum atomic E-state index is -4.35. The lowest BCUT2D eigenvalue weighted by molar-refractivity contribution is -0.137. The summed E-state index contributed by atoms with van der Waals surface area (Å²) in [7, 11) is 0. The quantitative estimate of drug-likeness (QED) is 0.884. The number of nitrogens with one attached hydrogen (secondary N) is 2. The highest BCUT2D eigenvalue weighted by Crippen LogP contribution is 2.29. The molecule has 1 atom stereocenters. The van der Waals surface area contributed by atoms with Crippen LogP contribution in [0.2, 0.25) is 0 Å². The van der Waals surface area contributed by atoms with Crippen LogP contribution < -0.4 is 10.6 Å². The van der Waals surface area contributed by atoms with Crippen LogP contribution in [-0.2, 0) is 17.4 Å². The van der Waals surface area contributed by atoms with Crippen molar-refractivity contribution in [3.63, 3.8) is 0 Å². The van der Waals surface area contributed by atoms with E-state index in [1.165, 1.54) is 17.0 Å². The van der Waals surface area contributed by atoms with Crippen LogP contribution >= 0.6 is 0 Å². The summed E-state index contributed by atoms with van der Waals surface area (Å²) in [5.74, 6) is -0.189. The first kappa shape index (κ1) is 18.1. The predicted molar refractivity (Wildman–Crippen MR) is 82.3 cm³/mol. The Morgan fingerprint density at radius 2 is 2.00 bits per heavy atom. The zero-order valence-corrected chi connectivity index (χ0v) is 13.3. The third-order valence-electron chi connectivity index (χ3n) is 3.95. The summed E-state index contributed by atoms with van der Waals surface area (Å²) in [6.45, 7) is 2.97. The highest BCUT2D eigenvalue weighted by Gasteiger charge is 2.30. The molecule has 1 heterocycles. The molecule has 0 bridgehead atoms. The highest BCUT2D eigenvalue weighted by molar-refractivity contribution is 5.87. The van der Waals surface area contributed by atoms with Crippen LogP contribution in [0.1, 0.15) is 24.5 Å². The van der Waals surface area contributed by atoms with Crippen molar-refractivity contribution in [3.05, 3.63) is 35.4 Å². The van der Waals surface area contributed by atoms with Crippen molar-refractivity contribution in [2.24, 2.45) is 0 Å². The number of carbonyl (C=O) groups excluding carboxylic acids is 2. The Hall–Kier alpha value is -2.25. The summed E-state index contributed by atoms with van der Waals surface area (Å²) < 4.78 is 37.5. The molecule has 8 heteroatoms. The Morgan fingerprint density at radius 3 is 2.62 bits per heavy atom. The molecule has 132 valence electrons. The second-order valence-corrected chi connectivity index (χ2v) is 5.69. The largest absolute Gasteiger partial charge is 0.416 e. The number of halogens is 3. The second kappa shape index (κ2) is 7.55. The van der Waals surface area contributed by atoms with Crippen LogP contribution in [0.4, 0.5) is 18.0 Å². The highest BCUT2D eigenvalue weighted by atomic mass is 19.4. The fraction of sp³-hybridized carbons (Fsp3) is 0.500. The molecule has 1 saturated heterocycles. The fourth-order valence-corrected chi connectivity index (χ4v) is 2.50. The molecule has 0 spiro atoms. The molecule has 0 saturated carbocycles. The van der Waals surface area contributed by atoms with E-state index < -0.39 is 17.8 Å². The van der Waals surface area contributed by atoms with Gasteiger partial charge in [-0.2, -0.15) is 13.2 Å². The normalized spacial score (nSPS) is 18.8. The molecule has 24 heavy (non-hydrogen) atoms. The summed E-state index contributed by atoms with van der Waals surface area (Å²) >= 11 is 0. The van der Waals surface area contributed by atoms with Gasteiger partial charge in [-0.25, -0.2) is 4.79 Å². The van der Waals surface area contributed by atoms with Crippen LogP contribution in [0.3, 0.4) is 0 Å². The first-order chi connectivity index (χ1) is 11.3. The number of hydrogen-bond donors (Lipinski definition) is 2. The van der Waals surface area contributed by atoms with Gasteiger partial charge in [-0.3, -0.25) is 4.79 Å². The van der Waals surface area contributed by atoms with E-state index in [0.717, 1.165) is 12.1 Å². The Balaban J connectivity index is 1.85. The molecule has 1 fully saturated rings. The maximum absolute atomic E-state index is 12.5. The molecule has 0 aromatic heterocycles. The van der Waals surface area contributed by atoms with E-state index >= 15 is 0 Å². The lowest BCUT2D eigenvalue weighted by Crippen LogP contribution is -2.49. The minimum absolute atomic E-state index is 0.189. The van der Waals surface area contributed by atoms with Crippen molar-refractivity contribution in [1.82, 2.24) is 15.5 Å². The third-order valence-corrected chi connectivity index (χ3v) is 3.95. The van der Waals surface area contributed by atoms with Gasteiger partial charge in [-0.15, -0.1) is 0 Å². The maximum Gasteiger partial charge on any atom is 0.416 e. The van der Waals surface area contributed by atoms with Gasteiger partial charge in [0.25, 0.3) is 0 Å². The molecule has 0 aliphatic carbocycles. The van der Waals surface area contributed by atoms with Crippen LogP contribution in [0.25, 0.3) is 0 Å². The molecule has 3 amide bonds. The second-order valence-electron chi connectivity index (χ2n) is 5.69. The summed E-state index contributed by atoms with van der Waals surface area (Å²) in [6, 6.07) is 3.97. The Morgan fingerprint density at radius 1 is 1.33 bits per heavy atom. The van der Waals surface area contributed by atoms with Crippen LogP contribution in [0, 0.1) is 0 Å². The summed E-state index contributed by atoms with van der Waals surface area (Å²) in [6.07, 6.45) is -3.25. The van der Waals surface area contributed by atoms with Gasteiger partial charge in [0, 0.05) is 19.6 Å². The maximum atomic E-state index is 12.5. The van der Waals surface area contributed by atoms with Gasteiger partial charge in [0.1, 0.15) is 6.04 Å². The van der Waals surface area contributed by atoms with E-state index in [9.17, 15) is 22.8 Å². The molecule has 1 aliphatic rings. The molecule has 1 aliphatic heterocycles. The SMILES string of the molecule is C[C@H]1C(=O)NCCCN1C(=O)NCCc1ccc(C(F)(F)F)cc1. The average molecular weight is 343 g/mol. The lowest BCUT2D eigenvalue weighted by Gasteiger charge is -2.25. The number of carbonyl (C=O) groups is 2. The van der Waals surface area contributed by atoms with E-state index in [1.54, 1.807) is 6.92 Å². The molecule has 5 nitrogen and oxygen atoms in total. The number of nitrogens with zero attached hydrogens (tertiary/aromatic N) is 1. The Labute approximate surface area is 138 Å². The van der Waals surface area contributed by atoms with Crippen molar-refractivity contribution < 1.29 is 22.8 Å². The molecule has 1 aromatic rings. The zero-order chi connectivity index (χ0) is 17.7. The van der Waals surface area contributed by atoms with Gasteiger partial charge in [0.15, 0.2) is 0 Å². The van der Waals surface area contributed by atoms with Gasteiger partial charge >= 0.3 is 12.2 Å². The molecule has 1 aromatic carbocycles. The van der Waals surface area contributed by atoms with Crippen molar-refractivity contribution in [2.75, 3.05) is 19.6 Å². The molecule has 2 N–H and O–H groups in total. The first-order valence-electron chi connectivity index (χ1n) is 7.77. The predicted octanol–water partition coefficient (Wildman–Crippen LogP) is 2.17. The Bertz CT molecular complexity index is 587. The number of rotatable bonds is 3. The molecule has 0 unspecified atom stereocenters. The molecule has 0 radical (unpaired) electrons. The van der Waals surface area contributed by atoms with Crippen molar-refractivity contribution in [1.29, 1.82) is 0 Å². The van der Waals surface area contributed by atoms with E-state index in [2.05, 4.69) is 10.6 Å². The first-order valence-corrected chi connectivity index (χ1v) is 7.77. The monoisotopic (exact) mass is 343 g/mol. The summed E-state index contributed by atoms with van der Waals surface area (Å²) in [4.78, 5) is 25.3. The van der Waals surface area contributed by atoms with Crippen molar-refractivity contribution in [2.45, 2.75) is 32.0 Å². The van der Waals surface area contributed by atoms with Crippen LogP contribution in [0.15, 0.2) is 24.3 Å². The number of hydrogen-bond acceptors (Lipinski definition) is 2.